The molecule has 12 N–H and O–H groups in total. The highest BCUT2D eigenvalue weighted by Gasteiger charge is 2.26. The maximum atomic E-state index is 8.50. The molecular weight excluding hydrogens is 524 g/mol. The first-order chi connectivity index (χ1) is 14.8. The highest BCUT2D eigenvalue weighted by Crippen LogP contribution is 2.11. The van der Waals surface area contributed by atoms with Crippen LogP contribution in [0.2, 0.25) is 0 Å². The fourth-order valence-electron chi connectivity index (χ4n) is 0.300. The zero-order valence-electron chi connectivity index (χ0n) is 18.6. The van der Waals surface area contributed by atoms with Crippen molar-refractivity contribution in [2.45, 2.75) is 52.1 Å². The van der Waals surface area contributed by atoms with Gasteiger partial charge in [-0.15, -0.1) is 0 Å². The lowest BCUT2D eigenvalue weighted by Gasteiger charge is -2.23. The van der Waals surface area contributed by atoms with Crippen LogP contribution in [-0.4, -0.2) is 132 Å². The minimum Gasteiger partial charge on any atom is -0.500 e. The van der Waals surface area contributed by atoms with E-state index in [0.29, 0.717) is 0 Å². The second kappa shape index (κ2) is 25.9. The summed E-state index contributed by atoms with van der Waals surface area (Å²) < 4.78 is 0. The van der Waals surface area contributed by atoms with Gasteiger partial charge in [-0.2, -0.15) is 0 Å². The van der Waals surface area contributed by atoms with Gasteiger partial charge in [0.05, 0.1) is 31.8 Å². The summed E-state index contributed by atoms with van der Waals surface area (Å²) in [6.45, 7) is 4.00. The molecule has 0 spiro atoms. The Hall–Kier alpha value is -0.760. The van der Waals surface area contributed by atoms with Gasteiger partial charge < -0.3 is 61.3 Å². The van der Waals surface area contributed by atoms with E-state index in [4.69, 9.17) is 61.3 Å². The normalized spacial score (nSPS) is 13.2. The molecule has 12 nitrogen and oxygen atoms in total. The van der Waals surface area contributed by atoms with Gasteiger partial charge >= 0.3 is 0 Å². The van der Waals surface area contributed by atoms with Crippen molar-refractivity contribution in [3.05, 3.63) is 0 Å². The molecule has 0 aromatic carbocycles. The lowest BCUT2D eigenvalue weighted by atomic mass is 9.93. The Morgan fingerprint density at radius 2 is 0.576 bits per heavy atom. The van der Waals surface area contributed by atoms with Crippen LogP contribution in [0.5, 0.6) is 0 Å². The smallest absolute Gasteiger partial charge is 0.185 e. The molecule has 0 saturated carbocycles. The van der Waals surface area contributed by atoms with E-state index in [0.717, 1.165) is 0 Å². The van der Waals surface area contributed by atoms with E-state index in [9.17, 15) is 0 Å². The number of rotatable bonds is 8. The third kappa shape index (κ3) is 36.0. The number of hydrogen-bond acceptors (Lipinski definition) is 12. The molecule has 4 unspecified atom stereocenters. The summed E-state index contributed by atoms with van der Waals surface area (Å²) in [7, 11) is 0. The van der Waals surface area contributed by atoms with Crippen molar-refractivity contribution in [3.63, 3.8) is 0 Å². The van der Waals surface area contributed by atoms with Gasteiger partial charge in [-0.1, -0.05) is 0 Å². The molecule has 0 aliphatic rings. The molecule has 16 heteroatoms. The molecule has 0 aliphatic heterocycles. The van der Waals surface area contributed by atoms with Gasteiger partial charge in [-0.05, 0) is 76.6 Å². The average Bonchev–Trinajstić information content (AvgIpc) is 2.71. The molecule has 200 valence electrons. The van der Waals surface area contributed by atoms with Crippen LogP contribution in [0.25, 0.3) is 0 Å². The number of aliphatic hydroxyl groups is 12. The van der Waals surface area contributed by atoms with E-state index in [1.165, 1.54) is 27.7 Å². The fraction of sp³-hybridized carbons (Fsp3) is 0.765. The maximum Gasteiger partial charge on any atom is 0.185 e. The standard InChI is InChI=1S/C5H12O4.4C3H6O2S/c6-1-5(2-7,3-8)4-9;4*1-2(4)3(5)6/h6-9H,1-4H2;4*2,4H,1H3,(H,5,6). The molecule has 0 aromatic rings. The molecule has 0 aromatic heterocycles. The SMILES string of the molecule is CC(O)C(O)=S.CC(O)C(O)=S.CC(O)C(O)=S.CC(O)C(O)=S.OCC(CO)(CO)CO. The fourth-order valence-corrected chi connectivity index (χ4v) is 0.300. The summed E-state index contributed by atoms with van der Waals surface area (Å²) in [4.78, 5) is 0. The highest BCUT2D eigenvalue weighted by molar-refractivity contribution is 7.80. The lowest BCUT2D eigenvalue weighted by Crippen LogP contribution is -2.37. The third-order valence-electron chi connectivity index (χ3n) is 2.77. The van der Waals surface area contributed by atoms with E-state index >= 15 is 0 Å². The monoisotopic (exact) mass is 560 g/mol. The second-order valence-electron chi connectivity index (χ2n) is 6.19. The Kier molecular flexibility index (Phi) is 33.2. The first-order valence-electron chi connectivity index (χ1n) is 8.89. The Bertz CT molecular complexity index is 435. The van der Waals surface area contributed by atoms with Crippen LogP contribution in [-0.2, 0) is 0 Å². The zero-order valence-corrected chi connectivity index (χ0v) is 21.9. The summed E-state index contributed by atoms with van der Waals surface area (Å²) in [6.07, 6.45) is -3.44. The molecule has 0 heterocycles. The molecule has 0 aliphatic carbocycles. The van der Waals surface area contributed by atoms with Gasteiger partial charge in [0.25, 0.3) is 0 Å². The summed E-state index contributed by atoms with van der Waals surface area (Å²) in [5.74, 6) is 0. The highest BCUT2D eigenvalue weighted by atomic mass is 32.1. The number of hydrogen-bond donors (Lipinski definition) is 12. The zero-order chi connectivity index (χ0) is 27.9. The minimum absolute atomic E-state index is 0.352. The molecular formula is C17H36O12S4. The van der Waals surface area contributed by atoms with Crippen molar-refractivity contribution in [1.29, 1.82) is 0 Å². The molecule has 0 bridgehead atoms. The molecule has 0 amide bonds. The Morgan fingerprint density at radius 1 is 0.485 bits per heavy atom. The van der Waals surface area contributed by atoms with Crippen LogP contribution in [0.3, 0.4) is 0 Å². The van der Waals surface area contributed by atoms with E-state index in [1.807, 2.05) is 0 Å². The van der Waals surface area contributed by atoms with Crippen LogP contribution in [0.4, 0.5) is 0 Å². The van der Waals surface area contributed by atoms with Crippen LogP contribution >= 0.6 is 48.9 Å². The molecule has 4 atom stereocenters. The summed E-state index contributed by atoms with van der Waals surface area (Å²) in [5, 5.41) is 98.0. The van der Waals surface area contributed by atoms with Crippen LogP contribution < -0.4 is 0 Å². The van der Waals surface area contributed by atoms with E-state index in [1.54, 1.807) is 0 Å². The second-order valence-corrected chi connectivity index (χ2v) is 7.86. The molecule has 0 saturated heterocycles. The van der Waals surface area contributed by atoms with Crippen LogP contribution in [0.15, 0.2) is 0 Å². The molecule has 0 rings (SSSR count). The van der Waals surface area contributed by atoms with Gasteiger partial charge in [0.15, 0.2) is 20.2 Å². The number of thiocarbonyl (C=S) groups is 4. The first kappa shape index (κ1) is 42.4. The quantitative estimate of drug-likeness (QED) is 0.158. The molecule has 0 radical (unpaired) electrons. The summed E-state index contributed by atoms with van der Waals surface area (Å²) >= 11 is 16.5. The third-order valence-corrected chi connectivity index (χ3v) is 4.14. The molecule has 0 fully saturated rings. The van der Waals surface area contributed by atoms with Gasteiger partial charge in [0.1, 0.15) is 24.4 Å². The summed E-state index contributed by atoms with van der Waals surface area (Å²) in [5.41, 5.74) is -1.11. The van der Waals surface area contributed by atoms with Gasteiger partial charge in [-0.3, -0.25) is 0 Å². The maximum absolute atomic E-state index is 8.50. The Morgan fingerprint density at radius 3 is 0.576 bits per heavy atom. The minimum atomic E-state index is -1.11. The van der Waals surface area contributed by atoms with E-state index < -0.39 is 56.3 Å². The van der Waals surface area contributed by atoms with Gasteiger partial charge in [0, 0.05) is 0 Å². The topological polar surface area (TPSA) is 243 Å². The predicted molar refractivity (Wildman–Crippen MR) is 138 cm³/mol. The largest absolute Gasteiger partial charge is 0.500 e. The van der Waals surface area contributed by atoms with Crippen LogP contribution in [0.1, 0.15) is 27.7 Å². The van der Waals surface area contributed by atoms with E-state index in [-0.39, 0.29) is 20.2 Å². The van der Waals surface area contributed by atoms with Gasteiger partial charge in [0.2, 0.25) is 0 Å². The Balaban J connectivity index is -0.000000100. The van der Waals surface area contributed by atoms with Gasteiger partial charge in [-0.25, -0.2) is 0 Å². The average molecular weight is 561 g/mol. The van der Waals surface area contributed by atoms with Crippen LogP contribution in [0, 0.1) is 5.41 Å². The summed E-state index contributed by atoms with van der Waals surface area (Å²) in [6, 6.07) is 0. The first-order valence-corrected chi connectivity index (χ1v) is 10.5. The van der Waals surface area contributed by atoms with Crippen molar-refractivity contribution in [1.82, 2.24) is 0 Å². The predicted octanol–water partition coefficient (Wildman–Crippen LogP) is -1.05. The van der Waals surface area contributed by atoms with Crippen molar-refractivity contribution in [2.75, 3.05) is 26.4 Å². The van der Waals surface area contributed by atoms with Crippen molar-refractivity contribution >= 4 is 69.1 Å². The lowest BCUT2D eigenvalue weighted by molar-refractivity contribution is -0.0328. The van der Waals surface area contributed by atoms with E-state index in [2.05, 4.69) is 48.9 Å². The van der Waals surface area contributed by atoms with Crippen molar-refractivity contribution in [2.24, 2.45) is 5.41 Å². The van der Waals surface area contributed by atoms with Crippen molar-refractivity contribution in [3.8, 4) is 0 Å². The number of aliphatic hydroxyl groups excluding tert-OH is 12. The molecule has 33 heavy (non-hydrogen) atoms. The van der Waals surface area contributed by atoms with Crippen molar-refractivity contribution < 1.29 is 61.3 Å². The Labute approximate surface area is 214 Å².